The molecule has 0 saturated carbocycles. The minimum atomic E-state index is -1.75. The summed E-state index contributed by atoms with van der Waals surface area (Å²) in [5, 5.41) is 0. The van der Waals surface area contributed by atoms with Crippen molar-refractivity contribution in [3.8, 4) is 23.0 Å². The molecule has 4 rings (SSSR count). The zero-order valence-electron chi connectivity index (χ0n) is 77.3. The Balaban J connectivity index is 1.96. The maximum Gasteiger partial charge on any atom is 0.514 e. The van der Waals surface area contributed by atoms with Crippen LogP contribution in [-0.4, -0.2) is 97.3 Å². The van der Waals surface area contributed by atoms with Crippen LogP contribution < -0.4 is 18.9 Å². The Kier molecular flexibility index (Phi) is 32.1. The molecular formula is C95H144O20. The highest BCUT2D eigenvalue weighted by Crippen LogP contribution is 2.48. The molecule has 0 unspecified atom stereocenters. The summed E-state index contributed by atoms with van der Waals surface area (Å²) < 4.78 is 72.1. The number of ether oxygens (including phenoxy) is 12. The molecule has 0 aliphatic rings. The second kappa shape index (κ2) is 37.2. The summed E-state index contributed by atoms with van der Waals surface area (Å²) >= 11 is 0. The maximum absolute atomic E-state index is 14.8. The lowest BCUT2D eigenvalue weighted by molar-refractivity contribution is -0.170. The van der Waals surface area contributed by atoms with Crippen molar-refractivity contribution in [3.63, 3.8) is 0 Å². The van der Waals surface area contributed by atoms with Crippen molar-refractivity contribution in [2.75, 3.05) is 26.4 Å². The predicted molar refractivity (Wildman–Crippen MR) is 452 cm³/mol. The third kappa shape index (κ3) is 31.7. The van der Waals surface area contributed by atoms with E-state index in [-0.39, 0.29) is 57.3 Å². The molecule has 4 aromatic rings. The van der Waals surface area contributed by atoms with Gasteiger partial charge in [0.15, 0.2) is 0 Å². The molecule has 0 bridgehead atoms. The molecule has 0 aromatic heterocycles. The molecule has 0 atom stereocenters. The largest absolute Gasteiger partial charge is 0.514 e. The van der Waals surface area contributed by atoms with Gasteiger partial charge in [-0.1, -0.05) is 222 Å². The summed E-state index contributed by atoms with van der Waals surface area (Å²) in [6.45, 7) is 69.2. The van der Waals surface area contributed by atoms with E-state index in [0.717, 1.165) is 27.8 Å². The van der Waals surface area contributed by atoms with Crippen LogP contribution in [0.1, 0.15) is 349 Å². The van der Waals surface area contributed by atoms with Crippen LogP contribution in [0.4, 0.5) is 19.2 Å². The van der Waals surface area contributed by atoms with Crippen molar-refractivity contribution in [1.82, 2.24) is 0 Å². The molecule has 0 N–H and O–H groups in total. The maximum atomic E-state index is 14.8. The second-order valence-corrected chi connectivity index (χ2v) is 43.1. The van der Waals surface area contributed by atoms with Crippen molar-refractivity contribution in [3.05, 3.63) is 115 Å². The number of rotatable bonds is 26. The SMILES string of the molecule is CC(C)C(C)(C)c1cc(CCC(=O)OCC(COC(=O)CCc2cc(C(C)(C)C)c(OC(=O)OC(C)(C)C)c(C(C)(C)C)c2)(COC(=O)CCc2cc(C(C)(C)C)c(OC(=O)OC(C)(C)C)c(C(C)(C)C)c2)COC(=O)CCc2cc(C(C)(C)C)c(OC(=O)OC(C)(C)C)c(C(C)(C)C)c2)cc(C(C)(C)C)c1OC(=O)OC(C)(C)C. The minimum absolute atomic E-state index is 0.0524. The fourth-order valence-corrected chi connectivity index (χ4v) is 12.3. The average Bonchev–Trinajstić information content (AvgIpc) is 0.806. The summed E-state index contributed by atoms with van der Waals surface area (Å²) in [5.41, 5.74) is -0.892. The minimum Gasteiger partial charge on any atom is -0.465 e. The van der Waals surface area contributed by atoms with Crippen molar-refractivity contribution in [2.45, 2.75) is 373 Å². The first kappa shape index (κ1) is 99.2. The van der Waals surface area contributed by atoms with Gasteiger partial charge in [-0.3, -0.25) is 19.2 Å². The van der Waals surface area contributed by atoms with Crippen LogP contribution in [0.3, 0.4) is 0 Å². The fourth-order valence-electron chi connectivity index (χ4n) is 12.3. The van der Waals surface area contributed by atoms with E-state index < -0.39 is 146 Å². The molecule has 644 valence electrons. The number of aryl methyl sites for hydroxylation is 4. The van der Waals surface area contributed by atoms with Crippen LogP contribution in [0.15, 0.2) is 48.5 Å². The van der Waals surface area contributed by atoms with Crippen LogP contribution in [-0.2, 0) is 126 Å². The number of hydrogen-bond acceptors (Lipinski definition) is 20. The van der Waals surface area contributed by atoms with Gasteiger partial charge in [-0.2, -0.15) is 0 Å². The average molecular weight is 1610 g/mol. The van der Waals surface area contributed by atoms with Gasteiger partial charge in [0, 0.05) is 70.2 Å². The van der Waals surface area contributed by atoms with Crippen molar-refractivity contribution >= 4 is 48.5 Å². The molecule has 115 heavy (non-hydrogen) atoms. The van der Waals surface area contributed by atoms with Gasteiger partial charge < -0.3 is 56.8 Å². The quantitative estimate of drug-likeness (QED) is 0.0322. The lowest BCUT2D eigenvalue weighted by Crippen LogP contribution is -2.44. The van der Waals surface area contributed by atoms with Crippen LogP contribution in [0.5, 0.6) is 23.0 Å². The molecular weight excluding hydrogens is 1460 g/mol. The van der Waals surface area contributed by atoms with E-state index >= 15 is 0 Å². The van der Waals surface area contributed by atoms with Crippen LogP contribution in [0.25, 0.3) is 0 Å². The highest BCUT2D eigenvalue weighted by molar-refractivity contribution is 5.74. The van der Waals surface area contributed by atoms with Gasteiger partial charge in [0.2, 0.25) is 0 Å². The van der Waals surface area contributed by atoms with Gasteiger partial charge >= 0.3 is 48.5 Å². The van der Waals surface area contributed by atoms with Gasteiger partial charge in [0.25, 0.3) is 0 Å². The molecule has 0 spiro atoms. The molecule has 0 aliphatic heterocycles. The Morgan fingerprint density at radius 2 is 0.409 bits per heavy atom. The highest BCUT2D eigenvalue weighted by Gasteiger charge is 2.41. The van der Waals surface area contributed by atoms with Gasteiger partial charge in [0.05, 0.1) is 0 Å². The third-order valence-electron chi connectivity index (χ3n) is 19.3. The standard InChI is InChI=1S/C95H144O20/c1-58(2)94(36,37)70-53-62(52-69(89(21,22)23)78(70)111-82(103)115-93(33,34)35)41-45-74(99)107-57-95(54-104-71(96)42-38-59-46-63(83(3,4)5)75(64(47-59)84(6,7)8)108-79(100)112-90(24,25)26,55-105-72(97)43-39-60-48-65(85(9,10)11)76(66(49-60)86(12,13)14)109-80(101)113-91(27,28)29)56-106-73(98)44-40-61-50-67(87(15,16)17)77(68(51-61)88(18,19)20)110-81(102)114-92(30,31)32/h46-53,58H,38-45,54-57H2,1-37H3. The fraction of sp³-hybridized carbons (Fsp3) is 0.663. The molecule has 4 aromatic carbocycles. The lowest BCUT2D eigenvalue weighted by Gasteiger charge is -2.35. The van der Waals surface area contributed by atoms with Crippen LogP contribution in [0.2, 0.25) is 0 Å². The van der Waals surface area contributed by atoms with E-state index in [0.29, 0.717) is 61.9 Å². The Morgan fingerprint density at radius 3 is 0.557 bits per heavy atom. The highest BCUT2D eigenvalue weighted by atomic mass is 16.8. The number of carbonyl (C=O) groups is 8. The van der Waals surface area contributed by atoms with Gasteiger partial charge in [0.1, 0.15) is 77.2 Å². The smallest absolute Gasteiger partial charge is 0.465 e. The van der Waals surface area contributed by atoms with Crippen LogP contribution in [0, 0.1) is 11.3 Å². The monoisotopic (exact) mass is 1610 g/mol. The molecule has 20 nitrogen and oxygen atoms in total. The third-order valence-corrected chi connectivity index (χ3v) is 19.3. The van der Waals surface area contributed by atoms with E-state index in [1.54, 1.807) is 83.1 Å². The van der Waals surface area contributed by atoms with Crippen molar-refractivity contribution in [2.24, 2.45) is 11.3 Å². The number of carbonyl (C=O) groups excluding carboxylic acids is 8. The normalized spacial score (nSPS) is 13.2. The van der Waals surface area contributed by atoms with E-state index in [2.05, 4.69) is 27.7 Å². The first-order valence-corrected chi connectivity index (χ1v) is 40.7. The Hall–Kier alpha value is -8.16. The van der Waals surface area contributed by atoms with Gasteiger partial charge in [-0.05, 0) is 180 Å². The molecule has 0 amide bonds. The number of benzene rings is 4. The van der Waals surface area contributed by atoms with E-state index in [1.165, 1.54) is 0 Å². The Labute approximate surface area is 689 Å². The molecule has 0 aliphatic carbocycles. The van der Waals surface area contributed by atoms with Crippen molar-refractivity contribution in [1.29, 1.82) is 0 Å². The molecule has 20 heteroatoms. The molecule has 0 saturated heterocycles. The van der Waals surface area contributed by atoms with Gasteiger partial charge in [-0.25, -0.2) is 19.2 Å². The molecule has 0 heterocycles. The first-order valence-electron chi connectivity index (χ1n) is 40.7. The van der Waals surface area contributed by atoms with Crippen LogP contribution >= 0.6 is 0 Å². The summed E-state index contributed by atoms with van der Waals surface area (Å²) in [4.78, 5) is 113. The van der Waals surface area contributed by atoms with E-state index in [9.17, 15) is 38.4 Å². The Morgan fingerprint density at radius 1 is 0.252 bits per heavy atom. The van der Waals surface area contributed by atoms with Crippen molar-refractivity contribution < 1.29 is 95.2 Å². The van der Waals surface area contributed by atoms with Gasteiger partial charge in [-0.15, -0.1) is 0 Å². The molecule has 0 fully saturated rings. The van der Waals surface area contributed by atoms with E-state index in [1.807, 2.05) is 194 Å². The summed E-state index contributed by atoms with van der Waals surface area (Å²) in [5.74, 6) is -1.22. The summed E-state index contributed by atoms with van der Waals surface area (Å²) in [6, 6.07) is 15.3. The number of hydrogen-bond donors (Lipinski definition) is 0. The number of esters is 4. The molecule has 0 radical (unpaired) electrons. The Bertz CT molecular complexity index is 3680. The van der Waals surface area contributed by atoms with E-state index in [4.69, 9.17) is 56.8 Å². The summed E-state index contributed by atoms with van der Waals surface area (Å²) in [7, 11) is 0. The zero-order valence-corrected chi connectivity index (χ0v) is 77.3. The topological polar surface area (TPSA) is 247 Å². The summed E-state index contributed by atoms with van der Waals surface area (Å²) in [6.07, 6.45) is -3.48. The first-order chi connectivity index (χ1) is 51.7. The lowest BCUT2D eigenvalue weighted by atomic mass is 9.71. The predicted octanol–water partition coefficient (Wildman–Crippen LogP) is 22.9. The zero-order chi connectivity index (χ0) is 88.6. The second-order valence-electron chi connectivity index (χ2n) is 43.1.